The zero-order chi connectivity index (χ0) is 25.8. The maximum absolute atomic E-state index is 11.8. The van der Waals surface area contributed by atoms with E-state index in [-0.39, 0.29) is 18.0 Å². The van der Waals surface area contributed by atoms with Crippen molar-refractivity contribution in [1.29, 1.82) is 0 Å². The number of ether oxygens (including phenoxy) is 3. The SMILES string of the molecule is C=CC(=O)N[C@H]1CCOC[C@H]1Nc1ncc2cc(-c3c(Cl)c(OC)cc(OC)c3Cl)nc(NC)c2n1. The third-order valence-electron chi connectivity index (χ3n) is 5.82. The number of aromatic nitrogens is 3. The summed E-state index contributed by atoms with van der Waals surface area (Å²) in [6.45, 7) is 4.46. The van der Waals surface area contributed by atoms with Gasteiger partial charge in [-0.25, -0.2) is 15.0 Å². The van der Waals surface area contributed by atoms with Gasteiger partial charge < -0.3 is 30.2 Å². The average molecular weight is 533 g/mol. The molecule has 3 aromatic rings. The number of halogens is 2. The molecular formula is C24H26Cl2N6O4. The van der Waals surface area contributed by atoms with Crippen molar-refractivity contribution in [3.05, 3.63) is 41.0 Å². The number of nitrogens with zero attached hydrogens (tertiary/aromatic N) is 3. The first-order chi connectivity index (χ1) is 17.4. The lowest BCUT2D eigenvalue weighted by atomic mass is 10.0. The summed E-state index contributed by atoms with van der Waals surface area (Å²) in [7, 11) is 4.77. The van der Waals surface area contributed by atoms with Gasteiger partial charge in [-0.1, -0.05) is 29.8 Å². The van der Waals surface area contributed by atoms with E-state index in [9.17, 15) is 4.79 Å². The minimum atomic E-state index is -0.242. The molecule has 2 aromatic heterocycles. The van der Waals surface area contributed by atoms with E-state index in [1.165, 1.54) is 20.3 Å². The Kier molecular flexibility index (Phi) is 7.97. The first-order valence-electron chi connectivity index (χ1n) is 11.1. The van der Waals surface area contributed by atoms with Gasteiger partial charge in [-0.15, -0.1) is 0 Å². The summed E-state index contributed by atoms with van der Waals surface area (Å²) in [5, 5.41) is 10.6. The Hall–Kier alpha value is -3.34. The first kappa shape index (κ1) is 25.7. The Morgan fingerprint density at radius 2 is 1.89 bits per heavy atom. The van der Waals surface area contributed by atoms with Gasteiger partial charge in [0.15, 0.2) is 5.82 Å². The number of pyridine rings is 1. The van der Waals surface area contributed by atoms with Crippen LogP contribution in [0.5, 0.6) is 11.5 Å². The van der Waals surface area contributed by atoms with Gasteiger partial charge in [0.2, 0.25) is 11.9 Å². The predicted octanol–water partition coefficient (Wildman–Crippen LogP) is 3.93. The topological polar surface area (TPSA) is 120 Å². The molecule has 0 bridgehead atoms. The van der Waals surface area contributed by atoms with Crippen LogP contribution < -0.4 is 25.4 Å². The quantitative estimate of drug-likeness (QED) is 0.370. The van der Waals surface area contributed by atoms with Crippen LogP contribution in [0.4, 0.5) is 11.8 Å². The molecule has 1 saturated heterocycles. The van der Waals surface area contributed by atoms with Crippen LogP contribution in [0, 0.1) is 0 Å². The van der Waals surface area contributed by atoms with Crippen LogP contribution >= 0.6 is 23.2 Å². The smallest absolute Gasteiger partial charge is 0.243 e. The van der Waals surface area contributed by atoms with Crippen molar-refractivity contribution in [1.82, 2.24) is 20.3 Å². The molecule has 12 heteroatoms. The van der Waals surface area contributed by atoms with Crippen molar-refractivity contribution >= 4 is 51.8 Å². The van der Waals surface area contributed by atoms with Crippen LogP contribution in [0.25, 0.3) is 22.2 Å². The number of fused-ring (bicyclic) bond motifs is 1. The van der Waals surface area contributed by atoms with E-state index in [4.69, 9.17) is 42.4 Å². The zero-order valence-corrected chi connectivity index (χ0v) is 21.5. The number of carbonyl (C=O) groups is 1. The van der Waals surface area contributed by atoms with Crippen molar-refractivity contribution < 1.29 is 19.0 Å². The van der Waals surface area contributed by atoms with Crippen LogP contribution in [0.3, 0.4) is 0 Å². The molecule has 0 saturated carbocycles. The Bertz CT molecular complexity index is 1280. The fraction of sp³-hybridized carbons (Fsp3) is 0.333. The lowest BCUT2D eigenvalue weighted by Crippen LogP contribution is -2.52. The molecule has 0 radical (unpaired) electrons. The molecule has 1 fully saturated rings. The van der Waals surface area contributed by atoms with Crippen molar-refractivity contribution in [3.63, 3.8) is 0 Å². The molecule has 4 rings (SSSR count). The third kappa shape index (κ3) is 5.11. The first-order valence-corrected chi connectivity index (χ1v) is 11.9. The molecule has 190 valence electrons. The minimum absolute atomic E-state index is 0.153. The van der Waals surface area contributed by atoms with Crippen molar-refractivity contribution in [2.45, 2.75) is 18.5 Å². The van der Waals surface area contributed by atoms with Crippen molar-refractivity contribution in [2.24, 2.45) is 0 Å². The van der Waals surface area contributed by atoms with E-state index in [2.05, 4.69) is 32.5 Å². The van der Waals surface area contributed by atoms with Crippen LogP contribution in [0.1, 0.15) is 6.42 Å². The normalized spacial score (nSPS) is 17.4. The van der Waals surface area contributed by atoms with E-state index in [1.807, 2.05) is 0 Å². The summed E-state index contributed by atoms with van der Waals surface area (Å²) in [5.74, 6) is 1.45. The van der Waals surface area contributed by atoms with Gasteiger partial charge in [0, 0.05) is 36.9 Å². The predicted molar refractivity (Wildman–Crippen MR) is 140 cm³/mol. The highest BCUT2D eigenvalue weighted by Crippen LogP contribution is 2.46. The number of carbonyl (C=O) groups excluding carboxylic acids is 1. The molecule has 0 aliphatic carbocycles. The van der Waals surface area contributed by atoms with E-state index in [0.717, 1.165) is 0 Å². The minimum Gasteiger partial charge on any atom is -0.495 e. The summed E-state index contributed by atoms with van der Waals surface area (Å²) in [6.07, 6.45) is 3.58. The Morgan fingerprint density at radius 3 is 2.53 bits per heavy atom. The Labute approximate surface area is 218 Å². The van der Waals surface area contributed by atoms with Crippen molar-refractivity contribution in [2.75, 3.05) is 45.1 Å². The average Bonchev–Trinajstić information content (AvgIpc) is 2.89. The zero-order valence-electron chi connectivity index (χ0n) is 20.0. The maximum Gasteiger partial charge on any atom is 0.243 e. The number of rotatable bonds is 8. The van der Waals surface area contributed by atoms with E-state index >= 15 is 0 Å². The second kappa shape index (κ2) is 11.2. The molecule has 1 aromatic carbocycles. The molecule has 10 nitrogen and oxygen atoms in total. The van der Waals surface area contributed by atoms with Crippen LogP contribution in [-0.4, -0.2) is 67.4 Å². The molecule has 3 N–H and O–H groups in total. The molecule has 0 unspecified atom stereocenters. The summed E-state index contributed by atoms with van der Waals surface area (Å²) in [4.78, 5) is 25.7. The summed E-state index contributed by atoms with van der Waals surface area (Å²) >= 11 is 13.2. The van der Waals surface area contributed by atoms with Gasteiger partial charge in [-0.05, 0) is 18.6 Å². The fourth-order valence-corrected chi connectivity index (χ4v) is 4.68. The lowest BCUT2D eigenvalue weighted by Gasteiger charge is -2.32. The largest absolute Gasteiger partial charge is 0.495 e. The highest BCUT2D eigenvalue weighted by atomic mass is 35.5. The molecule has 2 atom stereocenters. The molecule has 1 aliphatic rings. The fourth-order valence-electron chi connectivity index (χ4n) is 3.98. The third-order valence-corrected chi connectivity index (χ3v) is 6.57. The number of benzene rings is 1. The van der Waals surface area contributed by atoms with Gasteiger partial charge in [-0.3, -0.25) is 4.79 Å². The Balaban J connectivity index is 1.72. The van der Waals surface area contributed by atoms with E-state index < -0.39 is 0 Å². The molecule has 3 heterocycles. The summed E-state index contributed by atoms with van der Waals surface area (Å²) in [5.41, 5.74) is 1.55. The summed E-state index contributed by atoms with van der Waals surface area (Å²) < 4.78 is 16.4. The molecule has 1 amide bonds. The number of amides is 1. The maximum atomic E-state index is 11.8. The second-order valence-corrected chi connectivity index (χ2v) is 8.71. The number of methoxy groups -OCH3 is 2. The van der Waals surface area contributed by atoms with Gasteiger partial charge in [0.1, 0.15) is 17.0 Å². The van der Waals surface area contributed by atoms with Crippen molar-refractivity contribution in [3.8, 4) is 22.8 Å². The molecule has 36 heavy (non-hydrogen) atoms. The number of nitrogens with one attached hydrogen (secondary N) is 3. The van der Waals surface area contributed by atoms with E-state index in [0.29, 0.717) is 75.1 Å². The molecular weight excluding hydrogens is 507 g/mol. The molecule has 0 spiro atoms. The van der Waals surface area contributed by atoms with Crippen LogP contribution in [0.2, 0.25) is 10.0 Å². The monoisotopic (exact) mass is 532 g/mol. The standard InChI is InChI=1S/C24H26Cl2N6O4/c1-5-18(33)29-13-6-7-36-11-15(13)31-24-28-10-12-8-14(30-23(27-2)22(12)32-24)19-20(25)16(34-3)9-17(35-4)21(19)26/h5,8-10,13,15H,1,6-7,11H2,2-4H3,(H,27,30)(H,29,33)(H,28,31,32)/t13-,15+/m0/s1. The van der Waals surface area contributed by atoms with Gasteiger partial charge in [0.05, 0.1) is 48.6 Å². The van der Waals surface area contributed by atoms with Gasteiger partial charge in [0.25, 0.3) is 0 Å². The van der Waals surface area contributed by atoms with Gasteiger partial charge >= 0.3 is 0 Å². The highest BCUT2D eigenvalue weighted by molar-refractivity contribution is 6.41. The number of hydrogen-bond acceptors (Lipinski definition) is 9. The van der Waals surface area contributed by atoms with Gasteiger partial charge in [-0.2, -0.15) is 0 Å². The second-order valence-electron chi connectivity index (χ2n) is 7.96. The number of anilines is 2. The van der Waals surface area contributed by atoms with Crippen LogP contribution in [-0.2, 0) is 9.53 Å². The summed E-state index contributed by atoms with van der Waals surface area (Å²) in [6, 6.07) is 3.05. The number of hydrogen-bond donors (Lipinski definition) is 3. The molecule has 1 aliphatic heterocycles. The van der Waals surface area contributed by atoms with Crippen LogP contribution in [0.15, 0.2) is 31.0 Å². The highest BCUT2D eigenvalue weighted by Gasteiger charge is 2.28. The lowest BCUT2D eigenvalue weighted by molar-refractivity contribution is -0.117. The van der Waals surface area contributed by atoms with E-state index in [1.54, 1.807) is 25.4 Å². The Morgan fingerprint density at radius 1 is 1.17 bits per heavy atom.